The quantitative estimate of drug-likeness (QED) is 0.886. The molecule has 0 aliphatic carbocycles. The van der Waals surface area contributed by atoms with Crippen LogP contribution in [0.2, 0.25) is 0 Å². The largest absolute Gasteiger partial charge is 0.497 e. The lowest BCUT2D eigenvalue weighted by Gasteiger charge is -2.14. The molecule has 0 amide bonds. The van der Waals surface area contributed by atoms with Crippen molar-refractivity contribution in [2.45, 2.75) is 25.5 Å². The summed E-state index contributed by atoms with van der Waals surface area (Å²) in [5.74, 6) is 0.559. The lowest BCUT2D eigenvalue weighted by atomic mass is 10.2. The Morgan fingerprint density at radius 2 is 2.17 bits per heavy atom. The van der Waals surface area contributed by atoms with E-state index in [0.717, 1.165) is 5.56 Å². The van der Waals surface area contributed by atoms with Crippen molar-refractivity contribution in [2.24, 2.45) is 0 Å². The van der Waals surface area contributed by atoms with Gasteiger partial charge in [-0.25, -0.2) is 8.42 Å². The Labute approximate surface area is 107 Å². The summed E-state index contributed by atoms with van der Waals surface area (Å²) in [6.07, 6.45) is 0.245. The van der Waals surface area contributed by atoms with Crippen LogP contribution in [-0.2, 0) is 10.0 Å². The maximum absolute atomic E-state index is 11.9. The zero-order valence-corrected chi connectivity index (χ0v) is 11.4. The van der Waals surface area contributed by atoms with E-state index in [2.05, 4.69) is 4.72 Å². The van der Waals surface area contributed by atoms with Crippen LogP contribution in [0.4, 0.5) is 5.69 Å². The summed E-state index contributed by atoms with van der Waals surface area (Å²) in [5.41, 5.74) is 1.20. The smallest absolute Gasteiger partial charge is 0.249 e. The molecule has 1 aromatic rings. The number of nitrogens with one attached hydrogen (secondary N) is 1. The minimum absolute atomic E-state index is 0.245. The molecule has 0 saturated heterocycles. The van der Waals surface area contributed by atoms with Gasteiger partial charge in [0.25, 0.3) is 0 Å². The standard InChI is InChI=1S/C12H16N2O3S/c1-4-11(8-13)18(15,16)14-12-7-10(17-3)6-5-9(12)2/h5-7,11,14H,4H2,1-3H3. The molecule has 1 rings (SSSR count). The van der Waals surface area contributed by atoms with Crippen molar-refractivity contribution < 1.29 is 13.2 Å². The van der Waals surface area contributed by atoms with E-state index in [-0.39, 0.29) is 6.42 Å². The number of hydrogen-bond acceptors (Lipinski definition) is 4. The summed E-state index contributed by atoms with van der Waals surface area (Å²) in [6, 6.07) is 6.87. The third kappa shape index (κ3) is 3.14. The number of methoxy groups -OCH3 is 1. The molecular formula is C12H16N2O3S. The molecule has 6 heteroatoms. The van der Waals surface area contributed by atoms with Crippen LogP contribution in [0.3, 0.4) is 0 Å². The van der Waals surface area contributed by atoms with Gasteiger partial charge in [0, 0.05) is 6.07 Å². The van der Waals surface area contributed by atoms with E-state index in [0.29, 0.717) is 11.4 Å². The number of hydrogen-bond donors (Lipinski definition) is 1. The van der Waals surface area contributed by atoms with E-state index >= 15 is 0 Å². The fraction of sp³-hybridized carbons (Fsp3) is 0.417. The van der Waals surface area contributed by atoms with Crippen molar-refractivity contribution in [2.75, 3.05) is 11.8 Å². The van der Waals surface area contributed by atoms with Crippen molar-refractivity contribution in [3.63, 3.8) is 0 Å². The Balaban J connectivity index is 3.08. The van der Waals surface area contributed by atoms with Gasteiger partial charge >= 0.3 is 0 Å². The molecule has 0 fully saturated rings. The third-order valence-corrected chi connectivity index (χ3v) is 4.28. The maximum atomic E-state index is 11.9. The Morgan fingerprint density at radius 3 is 2.67 bits per heavy atom. The molecule has 98 valence electrons. The Hall–Kier alpha value is -1.74. The molecule has 0 bridgehead atoms. The fourth-order valence-corrected chi connectivity index (χ4v) is 2.69. The van der Waals surface area contributed by atoms with Gasteiger partial charge in [-0.05, 0) is 25.0 Å². The SMILES string of the molecule is CCC(C#N)S(=O)(=O)Nc1cc(OC)ccc1C. The van der Waals surface area contributed by atoms with Crippen LogP contribution in [0, 0.1) is 18.3 Å². The fourth-order valence-electron chi connectivity index (χ4n) is 1.44. The van der Waals surface area contributed by atoms with Gasteiger partial charge in [-0.15, -0.1) is 0 Å². The van der Waals surface area contributed by atoms with Crippen LogP contribution in [-0.4, -0.2) is 20.8 Å². The minimum Gasteiger partial charge on any atom is -0.497 e. The van der Waals surface area contributed by atoms with E-state index in [1.807, 2.05) is 0 Å². The first kappa shape index (κ1) is 14.3. The number of nitrogens with zero attached hydrogens (tertiary/aromatic N) is 1. The molecule has 0 aliphatic rings. The molecule has 0 spiro atoms. The Bertz CT molecular complexity index is 561. The first-order chi connectivity index (χ1) is 8.44. The highest BCUT2D eigenvalue weighted by Crippen LogP contribution is 2.23. The van der Waals surface area contributed by atoms with E-state index in [9.17, 15) is 8.42 Å². The van der Waals surface area contributed by atoms with Gasteiger partial charge in [0.05, 0.1) is 18.9 Å². The lowest BCUT2D eigenvalue weighted by Crippen LogP contribution is -2.26. The molecule has 1 unspecified atom stereocenters. The van der Waals surface area contributed by atoms with Gasteiger partial charge in [0.15, 0.2) is 5.25 Å². The number of aryl methyl sites for hydroxylation is 1. The van der Waals surface area contributed by atoms with Gasteiger partial charge in [-0.2, -0.15) is 5.26 Å². The molecule has 1 atom stereocenters. The van der Waals surface area contributed by atoms with Gasteiger partial charge < -0.3 is 4.74 Å². The van der Waals surface area contributed by atoms with Gasteiger partial charge in [-0.1, -0.05) is 13.0 Å². The highest BCUT2D eigenvalue weighted by Gasteiger charge is 2.23. The Morgan fingerprint density at radius 1 is 1.50 bits per heavy atom. The molecule has 0 saturated carbocycles. The van der Waals surface area contributed by atoms with Gasteiger partial charge in [-0.3, -0.25) is 4.72 Å². The van der Waals surface area contributed by atoms with Crippen molar-refractivity contribution >= 4 is 15.7 Å². The van der Waals surface area contributed by atoms with Crippen molar-refractivity contribution in [3.05, 3.63) is 23.8 Å². The molecule has 0 heterocycles. The summed E-state index contributed by atoms with van der Waals surface area (Å²) in [7, 11) is -2.18. The Kier molecular flexibility index (Phi) is 4.56. The molecule has 18 heavy (non-hydrogen) atoms. The average Bonchev–Trinajstić information content (AvgIpc) is 2.33. The number of anilines is 1. The summed E-state index contributed by atoms with van der Waals surface area (Å²) in [4.78, 5) is 0. The second-order valence-corrected chi connectivity index (χ2v) is 5.72. The molecule has 0 radical (unpaired) electrons. The first-order valence-electron chi connectivity index (χ1n) is 5.50. The summed E-state index contributed by atoms with van der Waals surface area (Å²) in [5, 5.41) is 7.76. The van der Waals surface area contributed by atoms with Crippen LogP contribution in [0.25, 0.3) is 0 Å². The first-order valence-corrected chi connectivity index (χ1v) is 7.05. The number of nitriles is 1. The molecule has 5 nitrogen and oxygen atoms in total. The number of sulfonamides is 1. The highest BCUT2D eigenvalue weighted by molar-refractivity contribution is 7.93. The molecule has 1 aromatic carbocycles. The van der Waals surface area contributed by atoms with Crippen molar-refractivity contribution in [3.8, 4) is 11.8 Å². The van der Waals surface area contributed by atoms with Crippen LogP contribution in [0.1, 0.15) is 18.9 Å². The lowest BCUT2D eigenvalue weighted by molar-refractivity contribution is 0.415. The number of rotatable bonds is 5. The predicted molar refractivity (Wildman–Crippen MR) is 70.0 cm³/mol. The van der Waals surface area contributed by atoms with Crippen LogP contribution >= 0.6 is 0 Å². The summed E-state index contributed by atoms with van der Waals surface area (Å²) < 4.78 is 31.3. The van der Waals surface area contributed by atoms with E-state index in [1.54, 1.807) is 38.1 Å². The molecule has 1 N–H and O–H groups in total. The van der Waals surface area contributed by atoms with Crippen molar-refractivity contribution in [1.29, 1.82) is 5.26 Å². The predicted octanol–water partition coefficient (Wildman–Crippen LogP) is 2.05. The second-order valence-electron chi connectivity index (χ2n) is 3.85. The van der Waals surface area contributed by atoms with Crippen LogP contribution in [0.15, 0.2) is 18.2 Å². The summed E-state index contributed by atoms with van der Waals surface area (Å²) in [6.45, 7) is 3.44. The minimum atomic E-state index is -3.69. The highest BCUT2D eigenvalue weighted by atomic mass is 32.2. The van der Waals surface area contributed by atoms with Crippen molar-refractivity contribution in [1.82, 2.24) is 0 Å². The average molecular weight is 268 g/mol. The maximum Gasteiger partial charge on any atom is 0.249 e. The van der Waals surface area contributed by atoms with Crippen LogP contribution in [0.5, 0.6) is 5.75 Å². The second kappa shape index (κ2) is 5.74. The number of ether oxygens (including phenoxy) is 1. The molecule has 0 aromatic heterocycles. The van der Waals surface area contributed by atoms with Crippen LogP contribution < -0.4 is 9.46 Å². The van der Waals surface area contributed by atoms with E-state index in [4.69, 9.17) is 10.00 Å². The van der Waals surface area contributed by atoms with E-state index < -0.39 is 15.3 Å². The number of benzene rings is 1. The molecular weight excluding hydrogens is 252 g/mol. The topological polar surface area (TPSA) is 79.2 Å². The van der Waals surface area contributed by atoms with E-state index in [1.165, 1.54) is 7.11 Å². The molecule has 0 aliphatic heterocycles. The van der Waals surface area contributed by atoms with Gasteiger partial charge in [0.2, 0.25) is 10.0 Å². The monoisotopic (exact) mass is 268 g/mol. The van der Waals surface area contributed by atoms with Gasteiger partial charge in [0.1, 0.15) is 5.75 Å². The summed E-state index contributed by atoms with van der Waals surface area (Å²) >= 11 is 0. The zero-order chi connectivity index (χ0) is 13.8. The third-order valence-electron chi connectivity index (χ3n) is 2.59. The normalized spacial score (nSPS) is 12.6. The zero-order valence-electron chi connectivity index (χ0n) is 10.6.